The van der Waals surface area contributed by atoms with E-state index in [4.69, 9.17) is 0 Å². The SMILES string of the molecule is Cc1ccc(/C(I)=C2/CCC[C@H]2C[C@H](O)c2ccccc2Br)cc1. The number of halogens is 2. The summed E-state index contributed by atoms with van der Waals surface area (Å²) in [6.45, 7) is 2.12. The average Bonchev–Trinajstić information content (AvgIpc) is 3.03. The lowest BCUT2D eigenvalue weighted by atomic mass is 9.91. The summed E-state index contributed by atoms with van der Waals surface area (Å²) in [6, 6.07) is 16.8. The lowest BCUT2D eigenvalue weighted by Crippen LogP contribution is -2.07. The standard InChI is InChI=1S/C21H22BrIO/c1-14-9-11-15(12-10-14)21(23)17-7-4-5-16(17)13-20(24)18-6-2-3-8-19(18)22/h2-3,6,8-12,16,20,24H,4-5,7,13H2,1H3/b21-17+/t16-,20-/m0/s1. The maximum absolute atomic E-state index is 10.7. The minimum atomic E-state index is -0.416. The Kier molecular flexibility index (Phi) is 6.17. The molecule has 0 heterocycles. The molecule has 3 heteroatoms. The molecule has 2 aromatic rings. The van der Waals surface area contributed by atoms with Crippen LogP contribution in [0.4, 0.5) is 0 Å². The van der Waals surface area contributed by atoms with Crippen molar-refractivity contribution in [3.8, 4) is 0 Å². The second-order valence-electron chi connectivity index (χ2n) is 6.57. The molecule has 0 aromatic heterocycles. The largest absolute Gasteiger partial charge is 0.388 e. The zero-order chi connectivity index (χ0) is 17.1. The van der Waals surface area contributed by atoms with E-state index in [2.05, 4.69) is 69.7 Å². The fraction of sp³-hybridized carbons (Fsp3) is 0.333. The van der Waals surface area contributed by atoms with E-state index in [1.54, 1.807) is 0 Å². The van der Waals surface area contributed by atoms with Crippen LogP contribution in [0.25, 0.3) is 3.58 Å². The van der Waals surface area contributed by atoms with Gasteiger partial charge in [0.25, 0.3) is 0 Å². The van der Waals surface area contributed by atoms with Gasteiger partial charge < -0.3 is 5.11 Å². The number of aliphatic hydroxyl groups is 1. The van der Waals surface area contributed by atoms with Gasteiger partial charge >= 0.3 is 0 Å². The van der Waals surface area contributed by atoms with E-state index in [0.29, 0.717) is 5.92 Å². The molecule has 0 unspecified atom stereocenters. The average molecular weight is 497 g/mol. The van der Waals surface area contributed by atoms with E-state index in [1.165, 1.54) is 33.1 Å². The zero-order valence-corrected chi connectivity index (χ0v) is 17.5. The first-order chi connectivity index (χ1) is 11.6. The van der Waals surface area contributed by atoms with Gasteiger partial charge in [-0.15, -0.1) is 0 Å². The van der Waals surface area contributed by atoms with Crippen molar-refractivity contribution in [2.45, 2.75) is 38.7 Å². The van der Waals surface area contributed by atoms with Gasteiger partial charge in [0.1, 0.15) is 0 Å². The molecule has 126 valence electrons. The molecule has 1 aliphatic carbocycles. The Bertz CT molecular complexity index is 736. The Morgan fingerprint density at radius 1 is 1.21 bits per heavy atom. The van der Waals surface area contributed by atoms with Gasteiger partial charge in [0.05, 0.1) is 6.10 Å². The summed E-state index contributed by atoms with van der Waals surface area (Å²) in [4.78, 5) is 0. The van der Waals surface area contributed by atoms with Crippen LogP contribution in [0, 0.1) is 12.8 Å². The molecule has 1 saturated carbocycles. The Labute approximate surface area is 166 Å². The van der Waals surface area contributed by atoms with Gasteiger partial charge in [-0.3, -0.25) is 0 Å². The highest BCUT2D eigenvalue weighted by molar-refractivity contribution is 14.1. The van der Waals surface area contributed by atoms with Crippen LogP contribution in [0.15, 0.2) is 58.6 Å². The molecule has 1 aliphatic rings. The molecule has 3 rings (SSSR count). The third-order valence-corrected chi connectivity index (χ3v) is 6.89. The number of rotatable bonds is 4. The van der Waals surface area contributed by atoms with Crippen LogP contribution in [0.5, 0.6) is 0 Å². The van der Waals surface area contributed by atoms with Crippen molar-refractivity contribution in [1.29, 1.82) is 0 Å². The van der Waals surface area contributed by atoms with Gasteiger partial charge in [-0.1, -0.05) is 69.5 Å². The van der Waals surface area contributed by atoms with E-state index in [0.717, 1.165) is 22.9 Å². The molecule has 2 atom stereocenters. The lowest BCUT2D eigenvalue weighted by Gasteiger charge is -2.20. The van der Waals surface area contributed by atoms with Crippen molar-refractivity contribution in [3.63, 3.8) is 0 Å². The fourth-order valence-corrected chi connectivity index (χ4v) is 5.11. The summed E-state index contributed by atoms with van der Waals surface area (Å²) < 4.78 is 2.36. The third-order valence-electron chi connectivity index (χ3n) is 4.85. The summed E-state index contributed by atoms with van der Waals surface area (Å²) >= 11 is 6.05. The second kappa shape index (κ2) is 8.15. The number of aliphatic hydroxyl groups excluding tert-OH is 1. The molecule has 24 heavy (non-hydrogen) atoms. The highest BCUT2D eigenvalue weighted by Crippen LogP contribution is 2.44. The maximum Gasteiger partial charge on any atom is 0.0806 e. The van der Waals surface area contributed by atoms with Gasteiger partial charge in [-0.05, 0) is 78.3 Å². The monoisotopic (exact) mass is 496 g/mol. The van der Waals surface area contributed by atoms with Crippen LogP contribution in [0.2, 0.25) is 0 Å². The predicted molar refractivity (Wildman–Crippen MR) is 113 cm³/mol. The van der Waals surface area contributed by atoms with E-state index in [9.17, 15) is 5.11 Å². The molecule has 0 amide bonds. The molecule has 0 saturated heterocycles. The highest BCUT2D eigenvalue weighted by atomic mass is 127. The normalized spacial score (nSPS) is 20.9. The van der Waals surface area contributed by atoms with Crippen LogP contribution in [-0.2, 0) is 0 Å². The zero-order valence-electron chi connectivity index (χ0n) is 13.8. The van der Waals surface area contributed by atoms with Crippen LogP contribution in [-0.4, -0.2) is 5.11 Å². The van der Waals surface area contributed by atoms with E-state index in [1.807, 2.05) is 24.3 Å². The molecule has 2 aromatic carbocycles. The van der Waals surface area contributed by atoms with Crippen molar-refractivity contribution in [1.82, 2.24) is 0 Å². The number of hydrogen-bond donors (Lipinski definition) is 1. The molecule has 1 fully saturated rings. The summed E-state index contributed by atoms with van der Waals surface area (Å²) in [5.41, 5.74) is 5.11. The quantitative estimate of drug-likeness (QED) is 0.460. The summed E-state index contributed by atoms with van der Waals surface area (Å²) in [7, 11) is 0. The van der Waals surface area contributed by atoms with Gasteiger partial charge in [0, 0.05) is 8.05 Å². The van der Waals surface area contributed by atoms with Gasteiger partial charge in [0.15, 0.2) is 0 Å². The molecule has 1 N–H and O–H groups in total. The van der Waals surface area contributed by atoms with E-state index >= 15 is 0 Å². The van der Waals surface area contributed by atoms with Crippen molar-refractivity contribution < 1.29 is 5.11 Å². The topological polar surface area (TPSA) is 20.2 Å². The minimum absolute atomic E-state index is 0.416. The molecular weight excluding hydrogens is 475 g/mol. The van der Waals surface area contributed by atoms with Crippen molar-refractivity contribution in [2.24, 2.45) is 5.92 Å². The van der Waals surface area contributed by atoms with Gasteiger partial charge in [-0.2, -0.15) is 0 Å². The van der Waals surface area contributed by atoms with Gasteiger partial charge in [0.2, 0.25) is 0 Å². The van der Waals surface area contributed by atoms with Crippen LogP contribution >= 0.6 is 38.5 Å². The minimum Gasteiger partial charge on any atom is -0.388 e. The number of benzene rings is 2. The van der Waals surface area contributed by atoms with Crippen molar-refractivity contribution in [3.05, 3.63) is 75.3 Å². The first-order valence-electron chi connectivity index (χ1n) is 8.44. The summed E-state index contributed by atoms with van der Waals surface area (Å²) in [6.07, 6.45) is 3.94. The number of aryl methyl sites for hydroxylation is 1. The first kappa shape index (κ1) is 18.2. The van der Waals surface area contributed by atoms with Crippen LogP contribution in [0.3, 0.4) is 0 Å². The van der Waals surface area contributed by atoms with Crippen molar-refractivity contribution in [2.75, 3.05) is 0 Å². The summed E-state index contributed by atoms with van der Waals surface area (Å²) in [5.74, 6) is 0.473. The Morgan fingerprint density at radius 3 is 2.62 bits per heavy atom. The smallest absolute Gasteiger partial charge is 0.0806 e. The Hall–Kier alpha value is -0.650. The number of hydrogen-bond acceptors (Lipinski definition) is 1. The molecule has 0 aliphatic heterocycles. The van der Waals surface area contributed by atoms with Crippen molar-refractivity contribution >= 4 is 42.1 Å². The molecule has 1 nitrogen and oxygen atoms in total. The Morgan fingerprint density at radius 2 is 1.92 bits per heavy atom. The van der Waals surface area contributed by atoms with E-state index in [-0.39, 0.29) is 0 Å². The second-order valence-corrected chi connectivity index (χ2v) is 8.50. The molecule has 0 bridgehead atoms. The lowest BCUT2D eigenvalue weighted by molar-refractivity contribution is 0.151. The molecule has 0 radical (unpaired) electrons. The maximum atomic E-state index is 10.7. The first-order valence-corrected chi connectivity index (χ1v) is 10.3. The highest BCUT2D eigenvalue weighted by Gasteiger charge is 2.27. The molecular formula is C21H22BrIO. The molecule has 0 spiro atoms. The van der Waals surface area contributed by atoms with Gasteiger partial charge in [-0.25, -0.2) is 0 Å². The predicted octanol–water partition coefficient (Wildman–Crippen LogP) is 6.83. The van der Waals surface area contributed by atoms with Crippen LogP contribution < -0.4 is 0 Å². The third kappa shape index (κ3) is 4.12. The fourth-order valence-electron chi connectivity index (χ4n) is 3.49. The number of allylic oxidation sites excluding steroid dienone is 1. The Balaban J connectivity index is 1.81. The van der Waals surface area contributed by atoms with Crippen LogP contribution in [0.1, 0.15) is 48.5 Å². The summed E-state index contributed by atoms with van der Waals surface area (Å²) in [5, 5.41) is 10.7. The van der Waals surface area contributed by atoms with E-state index < -0.39 is 6.10 Å².